The van der Waals surface area contributed by atoms with Crippen LogP contribution in [0.25, 0.3) is 0 Å². The maximum Gasteiger partial charge on any atom is 0.242 e. The quantitative estimate of drug-likeness (QED) is 0.666. The predicted octanol–water partition coefficient (Wildman–Crippen LogP) is 0.887. The van der Waals surface area contributed by atoms with Crippen molar-refractivity contribution in [3.63, 3.8) is 0 Å². The number of hydrogen-bond donors (Lipinski definition) is 3. The summed E-state index contributed by atoms with van der Waals surface area (Å²) in [6.07, 6.45) is 4.80. The first-order valence-electron chi connectivity index (χ1n) is 7.45. The summed E-state index contributed by atoms with van der Waals surface area (Å²) in [5.74, 6) is 0. The average Bonchev–Trinajstić information content (AvgIpc) is 2.84. The van der Waals surface area contributed by atoms with Gasteiger partial charge in [0, 0.05) is 30.5 Å². The third-order valence-corrected chi connectivity index (χ3v) is 5.80. The molecule has 21 heavy (non-hydrogen) atoms. The number of likely N-dealkylation sites (N-methyl/N-ethyl adjacent to an activating group) is 1. The Balaban J connectivity index is 2.00. The van der Waals surface area contributed by atoms with Gasteiger partial charge in [-0.25, -0.2) is 13.1 Å². The molecule has 7 heteroatoms. The maximum atomic E-state index is 12.4. The van der Waals surface area contributed by atoms with Gasteiger partial charge in [-0.2, -0.15) is 0 Å². The molecule has 0 unspecified atom stereocenters. The summed E-state index contributed by atoms with van der Waals surface area (Å²) in [4.78, 5) is 5.44. The van der Waals surface area contributed by atoms with E-state index in [1.807, 2.05) is 21.0 Å². The Labute approximate surface area is 127 Å². The summed E-state index contributed by atoms with van der Waals surface area (Å²) >= 11 is 0. The highest BCUT2D eigenvalue weighted by Gasteiger charge is 2.39. The Morgan fingerprint density at radius 1 is 1.38 bits per heavy atom. The zero-order chi connectivity index (χ0) is 15.5. The zero-order valence-corrected chi connectivity index (χ0v) is 13.9. The van der Waals surface area contributed by atoms with Crippen LogP contribution in [0.4, 0.5) is 0 Å². The van der Waals surface area contributed by atoms with E-state index in [9.17, 15) is 8.42 Å². The van der Waals surface area contributed by atoms with E-state index in [0.717, 1.165) is 31.5 Å². The second-order valence-electron chi connectivity index (χ2n) is 5.94. The molecular formula is C14H26N4O2S. The molecule has 1 aromatic rings. The molecule has 0 aliphatic heterocycles. The fourth-order valence-electron chi connectivity index (χ4n) is 2.62. The molecule has 1 heterocycles. The number of nitrogens with zero attached hydrogens (tertiary/aromatic N) is 1. The van der Waals surface area contributed by atoms with Crippen molar-refractivity contribution >= 4 is 10.0 Å². The Morgan fingerprint density at radius 2 is 2.10 bits per heavy atom. The van der Waals surface area contributed by atoms with E-state index in [0.29, 0.717) is 18.0 Å². The van der Waals surface area contributed by atoms with Gasteiger partial charge in [-0.3, -0.25) is 0 Å². The van der Waals surface area contributed by atoms with Crippen LogP contribution in [0.5, 0.6) is 0 Å². The van der Waals surface area contributed by atoms with Crippen LogP contribution in [0, 0.1) is 0 Å². The first-order valence-corrected chi connectivity index (χ1v) is 8.93. The van der Waals surface area contributed by atoms with Crippen LogP contribution < -0.4 is 10.0 Å². The van der Waals surface area contributed by atoms with Gasteiger partial charge in [0.2, 0.25) is 10.0 Å². The van der Waals surface area contributed by atoms with Gasteiger partial charge in [0.1, 0.15) is 0 Å². The Bertz CT molecular complexity index is 561. The van der Waals surface area contributed by atoms with E-state index in [1.54, 1.807) is 12.3 Å². The van der Waals surface area contributed by atoms with Crippen molar-refractivity contribution in [3.05, 3.63) is 18.0 Å². The summed E-state index contributed by atoms with van der Waals surface area (Å²) < 4.78 is 27.5. The van der Waals surface area contributed by atoms with Crippen molar-refractivity contribution in [2.45, 2.75) is 43.2 Å². The van der Waals surface area contributed by atoms with E-state index < -0.39 is 10.0 Å². The number of rotatable bonds is 8. The number of hydrogen-bond acceptors (Lipinski definition) is 4. The summed E-state index contributed by atoms with van der Waals surface area (Å²) in [6, 6.07) is 1.69. The molecule has 2 rings (SSSR count). The molecule has 0 saturated heterocycles. The summed E-state index contributed by atoms with van der Waals surface area (Å²) in [5, 5.41) is 3.17. The van der Waals surface area contributed by atoms with Gasteiger partial charge >= 0.3 is 0 Å². The third kappa shape index (κ3) is 3.66. The van der Waals surface area contributed by atoms with E-state index in [2.05, 4.69) is 19.9 Å². The molecule has 0 amide bonds. The highest BCUT2D eigenvalue weighted by atomic mass is 32.2. The molecule has 1 saturated carbocycles. The van der Waals surface area contributed by atoms with Gasteiger partial charge in [-0.1, -0.05) is 6.92 Å². The Kier molecular flexibility index (Phi) is 5.08. The van der Waals surface area contributed by atoms with Crippen LogP contribution in [0.15, 0.2) is 17.2 Å². The largest absolute Gasteiger partial charge is 0.363 e. The van der Waals surface area contributed by atoms with E-state index in [-0.39, 0.29) is 5.54 Å². The first kappa shape index (κ1) is 16.5. The standard InChI is InChI=1S/C14H26N4O2S/c1-4-15-9-12-8-13(10-16-12)21(19,20)17-11-14(18(2)3)6-5-7-14/h8,10,15-17H,4-7,9,11H2,1-3H3. The van der Waals surface area contributed by atoms with E-state index in [1.165, 1.54) is 0 Å². The third-order valence-electron chi connectivity index (χ3n) is 4.42. The van der Waals surface area contributed by atoms with Crippen LogP contribution in [-0.2, 0) is 16.6 Å². The molecule has 3 N–H and O–H groups in total. The molecule has 0 bridgehead atoms. The molecule has 0 radical (unpaired) electrons. The summed E-state index contributed by atoms with van der Waals surface area (Å²) in [5.41, 5.74) is 0.860. The molecule has 1 fully saturated rings. The van der Waals surface area contributed by atoms with Crippen molar-refractivity contribution in [2.75, 3.05) is 27.2 Å². The molecule has 120 valence electrons. The summed E-state index contributed by atoms with van der Waals surface area (Å²) in [7, 11) is 0.581. The number of nitrogens with one attached hydrogen (secondary N) is 3. The van der Waals surface area contributed by atoms with Crippen LogP contribution >= 0.6 is 0 Å². The minimum absolute atomic E-state index is 0.0179. The summed E-state index contributed by atoms with van der Waals surface area (Å²) in [6.45, 7) is 3.98. The molecule has 0 atom stereocenters. The molecule has 0 spiro atoms. The minimum Gasteiger partial charge on any atom is -0.363 e. The van der Waals surface area contributed by atoms with Gasteiger partial charge in [0.15, 0.2) is 0 Å². The van der Waals surface area contributed by atoms with Crippen molar-refractivity contribution in [2.24, 2.45) is 0 Å². The smallest absolute Gasteiger partial charge is 0.242 e. The Hall–Kier alpha value is -0.890. The van der Waals surface area contributed by atoms with Crippen molar-refractivity contribution < 1.29 is 8.42 Å². The van der Waals surface area contributed by atoms with Gasteiger partial charge in [0.25, 0.3) is 0 Å². The van der Waals surface area contributed by atoms with Crippen LogP contribution in [0.1, 0.15) is 31.9 Å². The van der Waals surface area contributed by atoms with Crippen LogP contribution in [0.2, 0.25) is 0 Å². The lowest BCUT2D eigenvalue weighted by molar-refractivity contribution is 0.0657. The molecular weight excluding hydrogens is 288 g/mol. The number of aromatic amines is 1. The second-order valence-corrected chi connectivity index (χ2v) is 7.70. The van der Waals surface area contributed by atoms with Gasteiger partial charge in [0.05, 0.1) is 4.90 Å². The SMILES string of the molecule is CCNCc1cc(S(=O)(=O)NCC2(N(C)C)CCC2)c[nH]1. The molecule has 1 aromatic heterocycles. The van der Waals surface area contributed by atoms with Gasteiger partial charge in [-0.15, -0.1) is 0 Å². The van der Waals surface area contributed by atoms with Crippen LogP contribution in [-0.4, -0.2) is 51.0 Å². The number of aromatic nitrogens is 1. The van der Waals surface area contributed by atoms with Crippen LogP contribution in [0.3, 0.4) is 0 Å². The zero-order valence-electron chi connectivity index (χ0n) is 13.1. The highest BCUT2D eigenvalue weighted by molar-refractivity contribution is 7.89. The van der Waals surface area contributed by atoms with Gasteiger partial charge < -0.3 is 15.2 Å². The molecule has 6 nitrogen and oxygen atoms in total. The number of H-pyrrole nitrogens is 1. The molecule has 1 aliphatic carbocycles. The lowest BCUT2D eigenvalue weighted by atomic mass is 9.76. The Morgan fingerprint density at radius 3 is 2.62 bits per heavy atom. The monoisotopic (exact) mass is 314 g/mol. The van der Waals surface area contributed by atoms with Crippen molar-refractivity contribution in [1.29, 1.82) is 0 Å². The lowest BCUT2D eigenvalue weighted by Crippen LogP contribution is -2.57. The van der Waals surface area contributed by atoms with Gasteiger partial charge in [-0.05, 0) is 46.0 Å². The molecule has 1 aliphatic rings. The van der Waals surface area contributed by atoms with Crippen molar-refractivity contribution in [1.82, 2.24) is 19.9 Å². The second kappa shape index (κ2) is 6.48. The highest BCUT2D eigenvalue weighted by Crippen LogP contribution is 2.35. The fourth-order valence-corrected chi connectivity index (χ4v) is 3.75. The van der Waals surface area contributed by atoms with E-state index >= 15 is 0 Å². The average molecular weight is 314 g/mol. The topological polar surface area (TPSA) is 77.2 Å². The molecule has 0 aromatic carbocycles. The van der Waals surface area contributed by atoms with Crippen molar-refractivity contribution in [3.8, 4) is 0 Å². The maximum absolute atomic E-state index is 12.4. The minimum atomic E-state index is -3.44. The first-order chi connectivity index (χ1) is 9.89. The van der Waals surface area contributed by atoms with E-state index in [4.69, 9.17) is 0 Å². The predicted molar refractivity (Wildman–Crippen MR) is 83.6 cm³/mol. The fraction of sp³-hybridized carbons (Fsp3) is 0.714. The normalized spacial score (nSPS) is 17.9. The lowest BCUT2D eigenvalue weighted by Gasteiger charge is -2.47. The number of sulfonamides is 1.